The topological polar surface area (TPSA) is 135 Å². The molecule has 0 fully saturated rings. The van der Waals surface area contributed by atoms with Crippen LogP contribution in [0.5, 0.6) is 12.0 Å². The van der Waals surface area contributed by atoms with Crippen molar-refractivity contribution in [2.45, 2.75) is 0 Å². The standard InChI is InChI=1S/C15H26ClN3O8/c16-13-17-14(26-11-9-24-7-5-22-3-1-20)19-15(18-13)27-12-10-25-8-6-23-4-2-21/h20-21H,1-12H2. The fourth-order valence-electron chi connectivity index (χ4n) is 1.60. The van der Waals surface area contributed by atoms with E-state index in [1.54, 1.807) is 0 Å². The molecule has 27 heavy (non-hydrogen) atoms. The van der Waals surface area contributed by atoms with E-state index < -0.39 is 0 Å². The third-order valence-electron chi connectivity index (χ3n) is 2.70. The monoisotopic (exact) mass is 411 g/mol. The summed E-state index contributed by atoms with van der Waals surface area (Å²) >= 11 is 5.81. The predicted octanol–water partition coefficient (Wildman–Crippen LogP) is -0.666. The summed E-state index contributed by atoms with van der Waals surface area (Å²) in [5.74, 6) is 0. The average Bonchev–Trinajstić information content (AvgIpc) is 2.65. The maximum Gasteiger partial charge on any atom is 0.324 e. The molecular formula is C15H26ClN3O8. The molecule has 0 aliphatic rings. The highest BCUT2D eigenvalue weighted by atomic mass is 35.5. The van der Waals surface area contributed by atoms with Gasteiger partial charge in [0.2, 0.25) is 5.28 Å². The minimum Gasteiger partial charge on any atom is -0.461 e. The van der Waals surface area contributed by atoms with Gasteiger partial charge in [-0.2, -0.15) is 9.97 Å². The Morgan fingerprint density at radius 2 is 0.926 bits per heavy atom. The zero-order valence-corrected chi connectivity index (χ0v) is 15.8. The first-order valence-corrected chi connectivity index (χ1v) is 8.84. The molecule has 156 valence electrons. The van der Waals surface area contributed by atoms with Gasteiger partial charge in [-0.15, -0.1) is 4.98 Å². The molecule has 0 spiro atoms. The summed E-state index contributed by atoms with van der Waals surface area (Å²) in [6.45, 7) is 3.18. The summed E-state index contributed by atoms with van der Waals surface area (Å²) in [7, 11) is 0. The fourth-order valence-corrected chi connectivity index (χ4v) is 1.75. The lowest BCUT2D eigenvalue weighted by atomic mass is 10.7. The van der Waals surface area contributed by atoms with Crippen molar-refractivity contribution in [3.63, 3.8) is 0 Å². The first kappa shape index (κ1) is 23.7. The molecule has 0 saturated heterocycles. The molecule has 1 rings (SSSR count). The van der Waals surface area contributed by atoms with E-state index >= 15 is 0 Å². The highest BCUT2D eigenvalue weighted by Gasteiger charge is 2.07. The molecule has 0 aliphatic heterocycles. The van der Waals surface area contributed by atoms with Gasteiger partial charge in [0.15, 0.2) is 0 Å². The average molecular weight is 412 g/mol. The summed E-state index contributed by atoms with van der Waals surface area (Å²) in [6.07, 6.45) is 0. The second kappa shape index (κ2) is 16.8. The van der Waals surface area contributed by atoms with Crippen LogP contribution in [0.15, 0.2) is 0 Å². The van der Waals surface area contributed by atoms with E-state index in [4.69, 9.17) is 50.2 Å². The maximum absolute atomic E-state index is 8.55. The van der Waals surface area contributed by atoms with Crippen molar-refractivity contribution >= 4 is 11.6 Å². The van der Waals surface area contributed by atoms with Crippen molar-refractivity contribution < 1.29 is 38.6 Å². The molecule has 0 aliphatic carbocycles. The third kappa shape index (κ3) is 13.5. The second-order valence-corrected chi connectivity index (χ2v) is 5.10. The van der Waals surface area contributed by atoms with Crippen LogP contribution in [0.4, 0.5) is 0 Å². The lowest BCUT2D eigenvalue weighted by Crippen LogP contribution is -2.14. The number of rotatable bonds is 18. The molecule has 1 aromatic rings. The molecule has 0 atom stereocenters. The van der Waals surface area contributed by atoms with Gasteiger partial charge in [-0.25, -0.2) is 0 Å². The number of ether oxygens (including phenoxy) is 6. The summed E-state index contributed by atoms with van der Waals surface area (Å²) in [4.78, 5) is 11.7. The third-order valence-corrected chi connectivity index (χ3v) is 2.87. The van der Waals surface area contributed by atoms with Crippen LogP contribution in [0, 0.1) is 0 Å². The molecule has 0 saturated carbocycles. The minimum atomic E-state index is -0.0494. The van der Waals surface area contributed by atoms with Crippen LogP contribution in [0.25, 0.3) is 0 Å². The van der Waals surface area contributed by atoms with Crippen LogP contribution in [0.1, 0.15) is 0 Å². The Labute approximate surface area is 162 Å². The largest absolute Gasteiger partial charge is 0.461 e. The van der Waals surface area contributed by atoms with E-state index in [2.05, 4.69) is 15.0 Å². The van der Waals surface area contributed by atoms with E-state index in [1.165, 1.54) is 0 Å². The molecule has 12 heteroatoms. The van der Waals surface area contributed by atoms with Crippen LogP contribution in [0.2, 0.25) is 5.28 Å². The molecule has 0 amide bonds. The molecule has 0 aromatic carbocycles. The molecule has 0 bridgehead atoms. The lowest BCUT2D eigenvalue weighted by Gasteiger charge is -2.08. The number of nitrogens with zero attached hydrogens (tertiary/aromatic N) is 3. The Hall–Kier alpha value is -1.34. The maximum atomic E-state index is 8.55. The van der Waals surface area contributed by atoms with Gasteiger partial charge in [-0.3, -0.25) is 0 Å². The van der Waals surface area contributed by atoms with Crippen molar-refractivity contribution in [2.24, 2.45) is 0 Å². The Morgan fingerprint density at radius 3 is 1.33 bits per heavy atom. The Morgan fingerprint density at radius 1 is 0.556 bits per heavy atom. The number of aliphatic hydroxyl groups excluding tert-OH is 2. The minimum absolute atomic E-state index is 0.0151. The van der Waals surface area contributed by atoms with Gasteiger partial charge in [-0.05, 0) is 11.6 Å². The van der Waals surface area contributed by atoms with E-state index in [0.29, 0.717) is 39.6 Å². The lowest BCUT2D eigenvalue weighted by molar-refractivity contribution is 0.0225. The molecule has 0 unspecified atom stereocenters. The van der Waals surface area contributed by atoms with Gasteiger partial charge < -0.3 is 38.6 Å². The van der Waals surface area contributed by atoms with Crippen molar-refractivity contribution in [1.29, 1.82) is 0 Å². The fraction of sp³-hybridized carbons (Fsp3) is 0.800. The van der Waals surface area contributed by atoms with Crippen molar-refractivity contribution in [3.8, 4) is 12.0 Å². The van der Waals surface area contributed by atoms with E-state index in [-0.39, 0.29) is 56.9 Å². The SMILES string of the molecule is OCCOCCOCCOc1nc(Cl)nc(OCCOCCOCCO)n1. The van der Waals surface area contributed by atoms with Gasteiger partial charge in [0.25, 0.3) is 0 Å². The van der Waals surface area contributed by atoms with Gasteiger partial charge >= 0.3 is 12.0 Å². The summed E-state index contributed by atoms with van der Waals surface area (Å²) < 4.78 is 31.3. The van der Waals surface area contributed by atoms with Crippen LogP contribution >= 0.6 is 11.6 Å². The first-order valence-electron chi connectivity index (χ1n) is 8.46. The highest BCUT2D eigenvalue weighted by molar-refractivity contribution is 6.28. The van der Waals surface area contributed by atoms with Gasteiger partial charge in [0, 0.05) is 0 Å². The number of halogens is 1. The quantitative estimate of drug-likeness (QED) is 0.298. The van der Waals surface area contributed by atoms with E-state index in [9.17, 15) is 0 Å². The zero-order valence-electron chi connectivity index (χ0n) is 15.0. The number of hydrogen-bond acceptors (Lipinski definition) is 11. The molecule has 11 nitrogen and oxygen atoms in total. The number of aliphatic hydroxyl groups is 2. The molecule has 1 heterocycles. The normalized spacial score (nSPS) is 10.9. The van der Waals surface area contributed by atoms with Crippen LogP contribution < -0.4 is 9.47 Å². The zero-order chi connectivity index (χ0) is 19.6. The highest BCUT2D eigenvalue weighted by Crippen LogP contribution is 2.12. The first-order chi connectivity index (χ1) is 13.3. The van der Waals surface area contributed by atoms with Gasteiger partial charge in [0.05, 0.1) is 66.1 Å². The van der Waals surface area contributed by atoms with Crippen molar-refractivity contribution in [3.05, 3.63) is 5.28 Å². The van der Waals surface area contributed by atoms with E-state index in [0.717, 1.165) is 0 Å². The van der Waals surface area contributed by atoms with E-state index in [1.807, 2.05) is 0 Å². The van der Waals surface area contributed by atoms with Gasteiger partial charge in [-0.1, -0.05) is 0 Å². The molecular weight excluding hydrogens is 386 g/mol. The predicted molar refractivity (Wildman–Crippen MR) is 93.3 cm³/mol. The molecule has 0 radical (unpaired) electrons. The summed E-state index contributed by atoms with van der Waals surface area (Å²) in [6, 6.07) is 0.0619. The van der Waals surface area contributed by atoms with Crippen LogP contribution in [-0.2, 0) is 18.9 Å². The smallest absolute Gasteiger partial charge is 0.324 e. The van der Waals surface area contributed by atoms with Crippen molar-refractivity contribution in [2.75, 3.05) is 79.3 Å². The number of aromatic nitrogens is 3. The Balaban J connectivity index is 2.14. The number of hydrogen-bond donors (Lipinski definition) is 2. The summed E-state index contributed by atoms with van der Waals surface area (Å²) in [5, 5.41) is 17.1. The van der Waals surface area contributed by atoms with Gasteiger partial charge in [0.1, 0.15) is 13.2 Å². The molecule has 1 aromatic heterocycles. The summed E-state index contributed by atoms with van der Waals surface area (Å²) in [5.41, 5.74) is 0. The second-order valence-electron chi connectivity index (χ2n) is 4.76. The van der Waals surface area contributed by atoms with Crippen LogP contribution in [0.3, 0.4) is 0 Å². The Kier molecular flexibility index (Phi) is 14.8. The molecule has 2 N–H and O–H groups in total. The van der Waals surface area contributed by atoms with Crippen LogP contribution in [-0.4, -0.2) is 104 Å². The van der Waals surface area contributed by atoms with Crippen molar-refractivity contribution in [1.82, 2.24) is 15.0 Å². The Bertz CT molecular complexity index is 448.